The number of H-pyrrole nitrogens is 1. The molecule has 8 heteroatoms. The van der Waals surface area contributed by atoms with Gasteiger partial charge in [-0.15, -0.1) is 0 Å². The van der Waals surface area contributed by atoms with Crippen LogP contribution in [0.5, 0.6) is 5.75 Å². The number of nitro benzene ring substituents is 1. The molecule has 1 N–H and O–H groups in total. The number of aliphatic imine (C=N–C) groups is 1. The number of aromatic nitrogens is 2. The normalized spacial score (nSPS) is 11.0. The summed E-state index contributed by atoms with van der Waals surface area (Å²) in [6, 6.07) is 22.5. The minimum atomic E-state index is -0.481. The van der Waals surface area contributed by atoms with Gasteiger partial charge in [-0.3, -0.25) is 25.0 Å². The van der Waals surface area contributed by atoms with Gasteiger partial charge in [0.05, 0.1) is 34.2 Å². The summed E-state index contributed by atoms with van der Waals surface area (Å²) in [5.74, 6) is 0.749. The van der Waals surface area contributed by atoms with Crippen molar-refractivity contribution in [3.05, 3.63) is 105 Å². The van der Waals surface area contributed by atoms with Crippen molar-refractivity contribution in [2.45, 2.75) is 6.92 Å². The van der Waals surface area contributed by atoms with Gasteiger partial charge < -0.3 is 4.74 Å². The average Bonchev–Trinajstić information content (AvgIpc) is 3.15. The summed E-state index contributed by atoms with van der Waals surface area (Å²) in [6.07, 6.45) is 1.53. The number of nitrogens with zero attached hydrogens (tertiary/aromatic N) is 3. The predicted molar refractivity (Wildman–Crippen MR) is 123 cm³/mol. The zero-order chi connectivity index (χ0) is 22.5. The maximum absolute atomic E-state index is 13.2. The third-order valence-electron chi connectivity index (χ3n) is 4.80. The quantitative estimate of drug-likeness (QED) is 0.257. The molecule has 32 heavy (non-hydrogen) atoms. The fourth-order valence-corrected chi connectivity index (χ4v) is 3.23. The zero-order valence-electron chi connectivity index (χ0n) is 17.3. The van der Waals surface area contributed by atoms with Crippen molar-refractivity contribution in [3.63, 3.8) is 0 Å². The zero-order valence-corrected chi connectivity index (χ0v) is 17.3. The van der Waals surface area contributed by atoms with Gasteiger partial charge in [-0.1, -0.05) is 30.3 Å². The van der Waals surface area contributed by atoms with E-state index in [2.05, 4.69) is 10.1 Å². The van der Waals surface area contributed by atoms with Gasteiger partial charge in [0.15, 0.2) is 0 Å². The molecule has 0 fully saturated rings. The topological polar surface area (TPSA) is 103 Å². The Labute approximate surface area is 183 Å². The molecule has 8 nitrogen and oxygen atoms in total. The van der Waals surface area contributed by atoms with Gasteiger partial charge in [0.25, 0.3) is 11.2 Å². The molecule has 0 atom stereocenters. The first-order valence-corrected chi connectivity index (χ1v) is 9.99. The molecule has 0 saturated carbocycles. The molecule has 1 aromatic heterocycles. The highest BCUT2D eigenvalue weighted by Gasteiger charge is 2.16. The molecule has 1 heterocycles. The number of hydrogen-bond acceptors (Lipinski definition) is 5. The average molecular weight is 428 g/mol. The first-order valence-electron chi connectivity index (χ1n) is 9.99. The summed E-state index contributed by atoms with van der Waals surface area (Å²) in [7, 11) is 0. The van der Waals surface area contributed by atoms with Gasteiger partial charge in [0.2, 0.25) is 0 Å². The Hall–Kier alpha value is -4.46. The van der Waals surface area contributed by atoms with Crippen LogP contribution in [0.4, 0.5) is 11.4 Å². The van der Waals surface area contributed by atoms with E-state index in [0.29, 0.717) is 29.2 Å². The lowest BCUT2D eigenvalue weighted by atomic mass is 10.1. The van der Waals surface area contributed by atoms with Crippen LogP contribution in [0.1, 0.15) is 12.5 Å². The van der Waals surface area contributed by atoms with Gasteiger partial charge in [-0.25, -0.2) is 4.68 Å². The van der Waals surface area contributed by atoms with E-state index in [1.54, 1.807) is 0 Å². The van der Waals surface area contributed by atoms with Crippen molar-refractivity contribution in [2.75, 3.05) is 6.61 Å². The summed E-state index contributed by atoms with van der Waals surface area (Å²) < 4.78 is 6.80. The number of non-ortho nitro benzene ring substituents is 1. The Balaban J connectivity index is 1.76. The van der Waals surface area contributed by atoms with Crippen LogP contribution in [0, 0.1) is 10.1 Å². The summed E-state index contributed by atoms with van der Waals surface area (Å²) in [5.41, 5.74) is 2.60. The minimum absolute atomic E-state index is 0.0473. The van der Waals surface area contributed by atoms with Crippen LogP contribution in [-0.2, 0) is 0 Å². The molecular weight excluding hydrogens is 408 g/mol. The van der Waals surface area contributed by atoms with Crippen molar-refractivity contribution >= 4 is 17.6 Å². The molecule has 3 aromatic carbocycles. The molecular formula is C24H20N4O4. The molecule has 0 spiro atoms. The number of nitrogens with one attached hydrogen (secondary N) is 1. The van der Waals surface area contributed by atoms with E-state index in [9.17, 15) is 14.9 Å². The van der Waals surface area contributed by atoms with Crippen LogP contribution in [0.15, 0.2) is 88.6 Å². The minimum Gasteiger partial charge on any atom is -0.494 e. The van der Waals surface area contributed by atoms with Crippen LogP contribution in [0.2, 0.25) is 0 Å². The van der Waals surface area contributed by atoms with Gasteiger partial charge in [0.1, 0.15) is 5.75 Å². The first kappa shape index (κ1) is 20.8. The number of hydrogen-bond donors (Lipinski definition) is 1. The molecule has 0 aliphatic heterocycles. The van der Waals surface area contributed by atoms with Gasteiger partial charge in [0, 0.05) is 23.9 Å². The second-order valence-corrected chi connectivity index (χ2v) is 6.87. The highest BCUT2D eigenvalue weighted by Crippen LogP contribution is 2.22. The van der Waals surface area contributed by atoms with E-state index in [1.165, 1.54) is 35.2 Å². The summed E-state index contributed by atoms with van der Waals surface area (Å²) in [5, 5.41) is 14.1. The lowest BCUT2D eigenvalue weighted by Gasteiger charge is -2.02. The monoisotopic (exact) mass is 428 g/mol. The summed E-state index contributed by atoms with van der Waals surface area (Å²) in [4.78, 5) is 28.2. The number of benzene rings is 3. The molecule has 4 rings (SSSR count). The van der Waals surface area contributed by atoms with Crippen molar-refractivity contribution in [1.29, 1.82) is 0 Å². The Morgan fingerprint density at radius 1 is 1.03 bits per heavy atom. The Morgan fingerprint density at radius 2 is 1.72 bits per heavy atom. The van der Waals surface area contributed by atoms with E-state index < -0.39 is 4.92 Å². The van der Waals surface area contributed by atoms with Crippen LogP contribution in [0.3, 0.4) is 0 Å². The second kappa shape index (κ2) is 9.13. The number of rotatable bonds is 7. The lowest BCUT2D eigenvalue weighted by Crippen LogP contribution is -2.17. The van der Waals surface area contributed by atoms with E-state index in [0.717, 1.165) is 11.3 Å². The predicted octanol–water partition coefficient (Wildman–Crippen LogP) is 4.89. The molecule has 0 bridgehead atoms. The molecule has 0 radical (unpaired) electrons. The summed E-state index contributed by atoms with van der Waals surface area (Å²) in [6.45, 7) is 2.49. The van der Waals surface area contributed by atoms with Crippen molar-refractivity contribution < 1.29 is 9.66 Å². The molecule has 160 valence electrons. The Bertz CT molecular complexity index is 1310. The van der Waals surface area contributed by atoms with E-state index >= 15 is 0 Å². The number of aromatic amines is 1. The highest BCUT2D eigenvalue weighted by molar-refractivity contribution is 5.90. The number of ether oxygens (including phenoxy) is 1. The SMILES string of the molecule is CCOc1ccc(N=Cc2c(-c3ccccc3)[nH]n(-c3ccc([N+](=O)[O-])cc3)c2=O)cc1. The molecule has 0 amide bonds. The molecule has 0 saturated heterocycles. The number of nitro groups is 1. The fourth-order valence-electron chi connectivity index (χ4n) is 3.23. The van der Waals surface area contributed by atoms with Crippen molar-refractivity contribution in [3.8, 4) is 22.7 Å². The van der Waals surface area contributed by atoms with E-state index in [4.69, 9.17) is 4.74 Å². The van der Waals surface area contributed by atoms with Crippen molar-refractivity contribution in [2.24, 2.45) is 4.99 Å². The highest BCUT2D eigenvalue weighted by atomic mass is 16.6. The van der Waals surface area contributed by atoms with E-state index in [1.807, 2.05) is 61.5 Å². The van der Waals surface area contributed by atoms with Crippen LogP contribution >= 0.6 is 0 Å². The maximum atomic E-state index is 13.2. The van der Waals surface area contributed by atoms with Crippen molar-refractivity contribution in [1.82, 2.24) is 9.78 Å². The maximum Gasteiger partial charge on any atom is 0.280 e. The first-order chi connectivity index (χ1) is 15.6. The standard InChI is InChI=1S/C24H20N4O4/c1-2-32-21-14-8-18(9-15-21)25-16-22-23(17-6-4-3-5-7-17)26-27(24(22)29)19-10-12-20(13-11-19)28(30)31/h3-16,26H,2H2,1H3. The molecule has 0 aliphatic carbocycles. The van der Waals surface area contributed by atoms with E-state index in [-0.39, 0.29) is 11.2 Å². The second-order valence-electron chi connectivity index (χ2n) is 6.87. The van der Waals surface area contributed by atoms with Crippen LogP contribution < -0.4 is 10.3 Å². The van der Waals surface area contributed by atoms with Crippen LogP contribution in [-0.4, -0.2) is 27.5 Å². The third kappa shape index (κ3) is 4.34. The Kier molecular flexibility index (Phi) is 5.94. The fraction of sp³-hybridized carbons (Fsp3) is 0.0833. The van der Waals surface area contributed by atoms with Gasteiger partial charge in [-0.2, -0.15) is 0 Å². The Morgan fingerprint density at radius 3 is 2.34 bits per heavy atom. The molecule has 0 aliphatic rings. The smallest absolute Gasteiger partial charge is 0.280 e. The van der Waals surface area contributed by atoms with Gasteiger partial charge >= 0.3 is 0 Å². The van der Waals surface area contributed by atoms with Crippen LogP contribution in [0.25, 0.3) is 16.9 Å². The molecule has 0 unspecified atom stereocenters. The largest absolute Gasteiger partial charge is 0.494 e. The lowest BCUT2D eigenvalue weighted by molar-refractivity contribution is -0.384. The third-order valence-corrected chi connectivity index (χ3v) is 4.80. The summed E-state index contributed by atoms with van der Waals surface area (Å²) >= 11 is 0. The van der Waals surface area contributed by atoms with Gasteiger partial charge in [-0.05, 0) is 43.3 Å². The molecule has 4 aromatic rings.